The summed E-state index contributed by atoms with van der Waals surface area (Å²) in [7, 11) is -2.86. The van der Waals surface area contributed by atoms with Gasteiger partial charge in [-0.1, -0.05) is 0 Å². The van der Waals surface area contributed by atoms with Crippen LogP contribution in [0.4, 0.5) is 0 Å². The first-order chi connectivity index (χ1) is 6.07. The molecule has 0 radical (unpaired) electrons. The van der Waals surface area contributed by atoms with E-state index in [0.717, 1.165) is 0 Å². The molecule has 0 aromatic rings. The topological polar surface area (TPSA) is 66.5 Å². The van der Waals surface area contributed by atoms with Crippen LogP contribution >= 0.6 is 0 Å². The summed E-state index contributed by atoms with van der Waals surface area (Å²) in [6.45, 7) is 2.37. The third-order valence-electron chi connectivity index (χ3n) is 2.05. The Balaban J connectivity index is 2.44. The first-order valence-corrected chi connectivity index (χ1v) is 6.08. The van der Waals surface area contributed by atoms with E-state index in [4.69, 9.17) is 0 Å². The molecule has 6 heteroatoms. The molecule has 13 heavy (non-hydrogen) atoms. The summed E-state index contributed by atoms with van der Waals surface area (Å²) in [5.74, 6) is 0.360. The van der Waals surface area contributed by atoms with Crippen molar-refractivity contribution in [3.63, 3.8) is 0 Å². The summed E-state index contributed by atoms with van der Waals surface area (Å²) in [5.41, 5.74) is 2.86. The highest BCUT2D eigenvalue weighted by Crippen LogP contribution is 2.11. The predicted octanol–water partition coefficient (Wildman–Crippen LogP) is -0.844. The van der Waals surface area contributed by atoms with Crippen molar-refractivity contribution in [1.82, 2.24) is 10.4 Å². The number of hydrazine groups is 1. The van der Waals surface area contributed by atoms with E-state index >= 15 is 0 Å². The Morgan fingerprint density at radius 2 is 2.31 bits per heavy atom. The van der Waals surface area contributed by atoms with Crippen LogP contribution in [0.3, 0.4) is 0 Å². The van der Waals surface area contributed by atoms with Crippen LogP contribution in [0.5, 0.6) is 0 Å². The number of nitrogens with one attached hydrogen (secondary N) is 1. The Bertz CT molecular complexity index is 275. The van der Waals surface area contributed by atoms with Gasteiger partial charge in [0.2, 0.25) is 6.41 Å². The van der Waals surface area contributed by atoms with E-state index in [1.807, 2.05) is 6.92 Å². The summed E-state index contributed by atoms with van der Waals surface area (Å²) >= 11 is 0. The van der Waals surface area contributed by atoms with Crippen LogP contribution in [0.2, 0.25) is 0 Å². The lowest BCUT2D eigenvalue weighted by atomic mass is 10.3. The lowest BCUT2D eigenvalue weighted by Gasteiger charge is -2.20. The molecular formula is C7H14N2O3S. The molecule has 76 valence electrons. The number of amides is 1. The summed E-state index contributed by atoms with van der Waals surface area (Å²) in [6, 6.07) is -0.102. The van der Waals surface area contributed by atoms with Gasteiger partial charge in [-0.15, -0.1) is 0 Å². The molecule has 1 saturated heterocycles. The maximum absolute atomic E-state index is 11.1. The Labute approximate surface area is 78.0 Å². The van der Waals surface area contributed by atoms with E-state index in [1.54, 1.807) is 0 Å². The molecule has 0 saturated carbocycles. The van der Waals surface area contributed by atoms with Gasteiger partial charge in [0.25, 0.3) is 0 Å². The molecule has 1 amide bonds. The standard InChI is InChI=1S/C7H14N2O3S/c1-2-9(6-10)8-7-3-4-13(11,12)5-7/h6-8H,2-5H2,1H3/t7-/m1/s1. The maximum atomic E-state index is 11.1. The van der Waals surface area contributed by atoms with Gasteiger partial charge in [-0.05, 0) is 13.3 Å². The molecule has 1 aliphatic rings. The summed E-state index contributed by atoms with van der Waals surface area (Å²) < 4.78 is 22.1. The Morgan fingerprint density at radius 1 is 1.62 bits per heavy atom. The van der Waals surface area contributed by atoms with Crippen LogP contribution < -0.4 is 5.43 Å². The van der Waals surface area contributed by atoms with Gasteiger partial charge in [0.05, 0.1) is 11.5 Å². The van der Waals surface area contributed by atoms with Crippen molar-refractivity contribution >= 4 is 16.2 Å². The fraction of sp³-hybridized carbons (Fsp3) is 0.857. The highest BCUT2D eigenvalue weighted by Gasteiger charge is 2.28. The predicted molar refractivity (Wildman–Crippen MR) is 48.6 cm³/mol. The van der Waals surface area contributed by atoms with Crippen LogP contribution in [0.1, 0.15) is 13.3 Å². The number of hydrogen-bond donors (Lipinski definition) is 1. The van der Waals surface area contributed by atoms with Gasteiger partial charge in [-0.2, -0.15) is 0 Å². The highest BCUT2D eigenvalue weighted by atomic mass is 32.2. The quantitative estimate of drug-likeness (QED) is 0.481. The first-order valence-electron chi connectivity index (χ1n) is 4.26. The third-order valence-corrected chi connectivity index (χ3v) is 3.82. The average Bonchev–Trinajstić information content (AvgIpc) is 2.41. The number of sulfone groups is 1. The van der Waals surface area contributed by atoms with Gasteiger partial charge in [0.1, 0.15) is 0 Å². The van der Waals surface area contributed by atoms with Gasteiger partial charge in [0.15, 0.2) is 9.84 Å². The van der Waals surface area contributed by atoms with E-state index in [1.165, 1.54) is 5.01 Å². The zero-order valence-corrected chi connectivity index (χ0v) is 8.38. The summed E-state index contributed by atoms with van der Waals surface area (Å²) in [6.07, 6.45) is 1.26. The van der Waals surface area contributed by atoms with Gasteiger partial charge in [0, 0.05) is 12.6 Å². The van der Waals surface area contributed by atoms with Crippen LogP contribution in [0.15, 0.2) is 0 Å². The van der Waals surface area contributed by atoms with Crippen molar-refractivity contribution < 1.29 is 13.2 Å². The number of carbonyl (C=O) groups excluding carboxylic acids is 1. The highest BCUT2D eigenvalue weighted by molar-refractivity contribution is 7.91. The van der Waals surface area contributed by atoms with Crippen molar-refractivity contribution in [2.45, 2.75) is 19.4 Å². The third kappa shape index (κ3) is 2.96. The van der Waals surface area contributed by atoms with E-state index in [9.17, 15) is 13.2 Å². The number of nitrogens with zero attached hydrogens (tertiary/aromatic N) is 1. The molecular weight excluding hydrogens is 192 g/mol. The van der Waals surface area contributed by atoms with Crippen molar-refractivity contribution in [2.24, 2.45) is 0 Å². The Morgan fingerprint density at radius 3 is 2.69 bits per heavy atom. The van der Waals surface area contributed by atoms with Gasteiger partial charge >= 0.3 is 0 Å². The molecule has 0 spiro atoms. The lowest BCUT2D eigenvalue weighted by molar-refractivity contribution is -0.121. The van der Waals surface area contributed by atoms with Crippen molar-refractivity contribution in [3.8, 4) is 0 Å². The second-order valence-electron chi connectivity index (χ2n) is 3.12. The normalized spacial score (nSPS) is 25.8. The molecule has 5 nitrogen and oxygen atoms in total. The van der Waals surface area contributed by atoms with Crippen LogP contribution in [0, 0.1) is 0 Å². The first kappa shape index (κ1) is 10.5. The van der Waals surface area contributed by atoms with Gasteiger partial charge in [-0.25, -0.2) is 13.8 Å². The number of hydrogen-bond acceptors (Lipinski definition) is 4. The van der Waals surface area contributed by atoms with E-state index < -0.39 is 9.84 Å². The second kappa shape index (κ2) is 4.06. The van der Waals surface area contributed by atoms with Crippen LogP contribution in [-0.2, 0) is 14.6 Å². The minimum Gasteiger partial charge on any atom is -0.281 e. The Kier molecular flexibility index (Phi) is 3.27. The molecule has 0 aromatic heterocycles. The van der Waals surface area contributed by atoms with Crippen molar-refractivity contribution in [2.75, 3.05) is 18.1 Å². The Hall–Kier alpha value is -0.620. The molecule has 1 heterocycles. The molecule has 1 aliphatic heterocycles. The molecule has 0 bridgehead atoms. The zero-order chi connectivity index (χ0) is 9.90. The molecule has 1 fully saturated rings. The monoisotopic (exact) mass is 206 g/mol. The molecule has 0 aliphatic carbocycles. The molecule has 1 N–H and O–H groups in total. The fourth-order valence-electron chi connectivity index (χ4n) is 1.33. The average molecular weight is 206 g/mol. The van der Waals surface area contributed by atoms with E-state index in [0.29, 0.717) is 19.4 Å². The van der Waals surface area contributed by atoms with Crippen molar-refractivity contribution in [1.29, 1.82) is 0 Å². The minimum atomic E-state index is -2.86. The second-order valence-corrected chi connectivity index (χ2v) is 5.35. The summed E-state index contributed by atoms with van der Waals surface area (Å²) in [5, 5.41) is 1.37. The summed E-state index contributed by atoms with van der Waals surface area (Å²) in [4.78, 5) is 10.4. The van der Waals surface area contributed by atoms with Crippen LogP contribution in [-0.4, -0.2) is 43.9 Å². The van der Waals surface area contributed by atoms with E-state index in [2.05, 4.69) is 5.43 Å². The minimum absolute atomic E-state index is 0.102. The zero-order valence-electron chi connectivity index (χ0n) is 7.56. The van der Waals surface area contributed by atoms with Crippen molar-refractivity contribution in [3.05, 3.63) is 0 Å². The maximum Gasteiger partial charge on any atom is 0.223 e. The fourth-order valence-corrected chi connectivity index (χ4v) is 2.99. The smallest absolute Gasteiger partial charge is 0.223 e. The van der Waals surface area contributed by atoms with E-state index in [-0.39, 0.29) is 17.5 Å². The number of rotatable bonds is 4. The lowest BCUT2D eigenvalue weighted by Crippen LogP contribution is -2.44. The number of carbonyl (C=O) groups is 1. The van der Waals surface area contributed by atoms with Crippen LogP contribution in [0.25, 0.3) is 0 Å². The molecule has 1 rings (SSSR count). The molecule has 0 unspecified atom stereocenters. The molecule has 1 atom stereocenters. The molecule has 0 aromatic carbocycles. The largest absolute Gasteiger partial charge is 0.281 e. The van der Waals surface area contributed by atoms with Gasteiger partial charge < -0.3 is 0 Å². The van der Waals surface area contributed by atoms with Gasteiger partial charge in [-0.3, -0.25) is 9.80 Å². The SMILES string of the molecule is CCN(C=O)N[C@@H]1CCS(=O)(=O)C1.